The molecule has 1 unspecified atom stereocenters. The van der Waals surface area contributed by atoms with Gasteiger partial charge in [-0.2, -0.15) is 5.10 Å². The molecule has 0 amide bonds. The topological polar surface area (TPSA) is 17.8 Å². The van der Waals surface area contributed by atoms with Gasteiger partial charge in [-0.25, -0.2) is 0 Å². The number of alkyl halides is 1. The maximum Gasteiger partial charge on any atom is 0.0521 e. The summed E-state index contributed by atoms with van der Waals surface area (Å²) in [4.78, 5) is 0. The lowest BCUT2D eigenvalue weighted by molar-refractivity contribution is 0.590. The lowest BCUT2D eigenvalue weighted by atomic mass is 9.95. The van der Waals surface area contributed by atoms with Crippen LogP contribution in [0.3, 0.4) is 0 Å². The first-order valence-corrected chi connectivity index (χ1v) is 8.03. The van der Waals surface area contributed by atoms with E-state index in [4.69, 9.17) is 11.6 Å². The molecular weight excluding hydrogens is 324 g/mol. The van der Waals surface area contributed by atoms with Crippen LogP contribution >= 0.6 is 27.5 Å². The van der Waals surface area contributed by atoms with Gasteiger partial charge in [-0.05, 0) is 42.9 Å². The van der Waals surface area contributed by atoms with Crippen molar-refractivity contribution in [3.8, 4) is 0 Å². The lowest BCUT2D eigenvalue weighted by Gasteiger charge is -2.14. The van der Waals surface area contributed by atoms with Gasteiger partial charge in [-0.3, -0.25) is 4.68 Å². The van der Waals surface area contributed by atoms with E-state index in [0.29, 0.717) is 5.92 Å². The van der Waals surface area contributed by atoms with Crippen molar-refractivity contribution in [3.05, 3.63) is 52.8 Å². The number of aryl methyl sites for hydroxylation is 1. The van der Waals surface area contributed by atoms with Gasteiger partial charge in [0.05, 0.1) is 6.20 Å². The summed E-state index contributed by atoms with van der Waals surface area (Å²) >= 11 is 9.83. The maximum absolute atomic E-state index is 6.22. The Morgan fingerprint density at radius 3 is 2.74 bits per heavy atom. The molecule has 1 aromatic carbocycles. The van der Waals surface area contributed by atoms with E-state index in [0.717, 1.165) is 29.7 Å². The molecule has 0 N–H and O–H groups in total. The number of nitrogens with zero attached hydrogens (tertiary/aromatic N) is 2. The van der Waals surface area contributed by atoms with Crippen LogP contribution < -0.4 is 0 Å². The van der Waals surface area contributed by atoms with Crippen LogP contribution in [0.1, 0.15) is 18.1 Å². The van der Waals surface area contributed by atoms with Gasteiger partial charge in [0.15, 0.2) is 0 Å². The van der Waals surface area contributed by atoms with Crippen LogP contribution in [0.2, 0.25) is 5.02 Å². The summed E-state index contributed by atoms with van der Waals surface area (Å²) in [5.41, 5.74) is 2.51. The molecule has 102 valence electrons. The third kappa shape index (κ3) is 4.08. The fraction of sp³-hybridized carbons (Fsp3) is 0.400. The Bertz CT molecular complexity index is 524. The predicted octanol–water partition coefficient (Wildman–Crippen LogP) is 4.35. The molecule has 0 aliphatic rings. The standard InChI is InChI=1S/C15H18BrClN2/c1-2-19-11-13(10-18-19)7-12(9-16)8-14-5-3-4-6-15(14)17/h3-6,10-12H,2,7-9H2,1H3. The van der Waals surface area contributed by atoms with Crippen molar-refractivity contribution in [2.75, 3.05) is 5.33 Å². The summed E-state index contributed by atoms with van der Waals surface area (Å²) in [6.07, 6.45) is 6.10. The second kappa shape index (κ2) is 7.11. The fourth-order valence-corrected chi connectivity index (χ4v) is 2.85. The highest BCUT2D eigenvalue weighted by atomic mass is 79.9. The average molecular weight is 342 g/mol. The second-order valence-electron chi connectivity index (χ2n) is 4.72. The number of halogens is 2. The molecule has 1 aromatic heterocycles. The van der Waals surface area contributed by atoms with Crippen LogP contribution in [0.15, 0.2) is 36.7 Å². The van der Waals surface area contributed by atoms with E-state index >= 15 is 0 Å². The molecule has 0 saturated carbocycles. The lowest BCUT2D eigenvalue weighted by Crippen LogP contribution is -2.10. The quantitative estimate of drug-likeness (QED) is 0.714. The van der Waals surface area contributed by atoms with E-state index in [1.54, 1.807) is 0 Å². The molecule has 0 radical (unpaired) electrons. The molecule has 2 aromatic rings. The zero-order valence-corrected chi connectivity index (χ0v) is 13.4. The van der Waals surface area contributed by atoms with E-state index in [1.165, 1.54) is 11.1 Å². The molecule has 0 saturated heterocycles. The monoisotopic (exact) mass is 340 g/mol. The third-order valence-electron chi connectivity index (χ3n) is 3.22. The predicted molar refractivity (Wildman–Crippen MR) is 84.0 cm³/mol. The molecule has 1 heterocycles. The highest BCUT2D eigenvalue weighted by molar-refractivity contribution is 9.09. The zero-order chi connectivity index (χ0) is 13.7. The molecule has 0 aliphatic carbocycles. The first kappa shape index (κ1) is 14.6. The van der Waals surface area contributed by atoms with E-state index in [9.17, 15) is 0 Å². The van der Waals surface area contributed by atoms with E-state index in [1.807, 2.05) is 29.1 Å². The van der Waals surface area contributed by atoms with Gasteiger partial charge < -0.3 is 0 Å². The summed E-state index contributed by atoms with van der Waals surface area (Å²) < 4.78 is 1.97. The highest BCUT2D eigenvalue weighted by Crippen LogP contribution is 2.22. The molecule has 4 heteroatoms. The van der Waals surface area contributed by atoms with E-state index in [2.05, 4.69) is 40.2 Å². The highest BCUT2D eigenvalue weighted by Gasteiger charge is 2.12. The maximum atomic E-state index is 6.22. The first-order valence-electron chi connectivity index (χ1n) is 6.53. The van der Waals surface area contributed by atoms with Gasteiger partial charge in [0.2, 0.25) is 0 Å². The van der Waals surface area contributed by atoms with Gasteiger partial charge in [-0.15, -0.1) is 0 Å². The van der Waals surface area contributed by atoms with Crippen molar-refractivity contribution in [1.82, 2.24) is 9.78 Å². The molecule has 2 nitrogen and oxygen atoms in total. The molecule has 0 spiro atoms. The fourth-order valence-electron chi connectivity index (χ4n) is 2.17. The van der Waals surface area contributed by atoms with Gasteiger partial charge in [0.1, 0.15) is 0 Å². The molecular formula is C15H18BrClN2. The Balaban J connectivity index is 2.02. The largest absolute Gasteiger partial charge is 0.273 e. The van der Waals surface area contributed by atoms with Crippen molar-refractivity contribution in [2.45, 2.75) is 26.3 Å². The van der Waals surface area contributed by atoms with Crippen LogP contribution in [-0.2, 0) is 19.4 Å². The van der Waals surface area contributed by atoms with Crippen molar-refractivity contribution in [2.24, 2.45) is 5.92 Å². The molecule has 0 aliphatic heterocycles. The van der Waals surface area contributed by atoms with Gasteiger partial charge in [0.25, 0.3) is 0 Å². The Morgan fingerprint density at radius 1 is 1.32 bits per heavy atom. The Labute approximate surface area is 127 Å². The number of hydrogen-bond donors (Lipinski definition) is 0. The minimum Gasteiger partial charge on any atom is -0.273 e. The zero-order valence-electron chi connectivity index (χ0n) is 11.0. The summed E-state index contributed by atoms with van der Waals surface area (Å²) in [7, 11) is 0. The molecule has 0 fully saturated rings. The summed E-state index contributed by atoms with van der Waals surface area (Å²) in [6.45, 7) is 3.02. The van der Waals surface area contributed by atoms with Gasteiger partial charge >= 0.3 is 0 Å². The number of rotatable bonds is 6. The second-order valence-corrected chi connectivity index (χ2v) is 5.78. The smallest absolute Gasteiger partial charge is 0.0521 e. The third-order valence-corrected chi connectivity index (χ3v) is 4.50. The first-order chi connectivity index (χ1) is 9.22. The molecule has 1 atom stereocenters. The summed E-state index contributed by atoms with van der Waals surface area (Å²) in [5, 5.41) is 6.15. The Kier molecular flexibility index (Phi) is 5.46. The Hall–Kier alpha value is -0.800. The average Bonchev–Trinajstić information content (AvgIpc) is 2.88. The van der Waals surface area contributed by atoms with Crippen LogP contribution in [-0.4, -0.2) is 15.1 Å². The molecule has 19 heavy (non-hydrogen) atoms. The van der Waals surface area contributed by atoms with Crippen molar-refractivity contribution < 1.29 is 0 Å². The molecule has 0 bridgehead atoms. The SMILES string of the molecule is CCn1cc(CC(CBr)Cc2ccccc2Cl)cn1. The van der Waals surface area contributed by atoms with Crippen molar-refractivity contribution in [3.63, 3.8) is 0 Å². The van der Waals surface area contributed by atoms with Gasteiger partial charge in [-0.1, -0.05) is 45.7 Å². The summed E-state index contributed by atoms with van der Waals surface area (Å²) in [5.74, 6) is 0.536. The minimum atomic E-state index is 0.536. The van der Waals surface area contributed by atoms with Crippen LogP contribution in [0.25, 0.3) is 0 Å². The van der Waals surface area contributed by atoms with E-state index < -0.39 is 0 Å². The van der Waals surface area contributed by atoms with Crippen LogP contribution in [0.4, 0.5) is 0 Å². The number of hydrogen-bond acceptors (Lipinski definition) is 1. The van der Waals surface area contributed by atoms with Crippen molar-refractivity contribution >= 4 is 27.5 Å². The minimum absolute atomic E-state index is 0.536. The summed E-state index contributed by atoms with van der Waals surface area (Å²) in [6, 6.07) is 8.08. The normalized spacial score (nSPS) is 12.6. The van der Waals surface area contributed by atoms with Crippen LogP contribution in [0, 0.1) is 5.92 Å². The number of benzene rings is 1. The van der Waals surface area contributed by atoms with Gasteiger partial charge in [0, 0.05) is 23.1 Å². The number of aromatic nitrogens is 2. The van der Waals surface area contributed by atoms with Crippen LogP contribution in [0.5, 0.6) is 0 Å². The molecule has 2 rings (SSSR count). The van der Waals surface area contributed by atoms with Crippen molar-refractivity contribution in [1.29, 1.82) is 0 Å². The Morgan fingerprint density at radius 2 is 2.11 bits per heavy atom. The van der Waals surface area contributed by atoms with E-state index in [-0.39, 0.29) is 0 Å².